The number of ketones is 2. The number of carbonyl (C=O) groups is 2. The third kappa shape index (κ3) is 4.27. The molecule has 3 aliphatic rings. The van der Waals surface area contributed by atoms with Crippen molar-refractivity contribution in [1.82, 2.24) is 0 Å². The highest BCUT2D eigenvalue weighted by molar-refractivity contribution is 6.08. The Morgan fingerprint density at radius 3 is 2.50 bits per heavy atom. The van der Waals surface area contributed by atoms with Crippen molar-refractivity contribution in [3.63, 3.8) is 0 Å². The Bertz CT molecular complexity index is 773. The summed E-state index contributed by atoms with van der Waals surface area (Å²) in [6, 6.07) is 5.37. The molecule has 2 unspecified atom stereocenters. The molecule has 3 aliphatic carbocycles. The monoisotopic (exact) mass is 412 g/mol. The van der Waals surface area contributed by atoms with E-state index in [0.29, 0.717) is 18.3 Å². The number of benzene rings is 1. The third-order valence-electron chi connectivity index (χ3n) is 8.33. The smallest absolute Gasteiger partial charge is 0.149 e. The van der Waals surface area contributed by atoms with Crippen LogP contribution in [0, 0.1) is 23.1 Å². The molecule has 2 nitrogen and oxygen atoms in total. The molecule has 164 valence electrons. The molecule has 0 N–H and O–H groups in total. The fraction of sp³-hybridized carbons (Fsp3) is 0.704. The van der Waals surface area contributed by atoms with Gasteiger partial charge in [0.2, 0.25) is 0 Å². The van der Waals surface area contributed by atoms with Crippen LogP contribution < -0.4 is 0 Å². The van der Waals surface area contributed by atoms with Crippen molar-refractivity contribution in [2.24, 2.45) is 17.3 Å². The van der Waals surface area contributed by atoms with Gasteiger partial charge in [-0.15, -0.1) is 0 Å². The van der Waals surface area contributed by atoms with E-state index in [4.69, 9.17) is 0 Å². The summed E-state index contributed by atoms with van der Waals surface area (Å²) >= 11 is 0. The molecule has 4 rings (SSSR count). The number of halogens is 1. The van der Waals surface area contributed by atoms with Crippen LogP contribution in [0.3, 0.4) is 0 Å². The van der Waals surface area contributed by atoms with Crippen LogP contribution in [0.5, 0.6) is 0 Å². The summed E-state index contributed by atoms with van der Waals surface area (Å²) in [5, 5.41) is 0. The first-order valence-corrected chi connectivity index (χ1v) is 12.4. The van der Waals surface area contributed by atoms with Crippen molar-refractivity contribution in [2.45, 2.75) is 103 Å². The van der Waals surface area contributed by atoms with Gasteiger partial charge in [0.15, 0.2) is 0 Å². The Balaban J connectivity index is 1.36. The van der Waals surface area contributed by atoms with E-state index in [1.807, 2.05) is 13.0 Å². The molecule has 3 saturated carbocycles. The Morgan fingerprint density at radius 2 is 1.83 bits per heavy atom. The van der Waals surface area contributed by atoms with Crippen molar-refractivity contribution in [2.75, 3.05) is 0 Å². The number of carbonyl (C=O) groups excluding carboxylic acids is 2. The van der Waals surface area contributed by atoms with Crippen LogP contribution in [0.1, 0.15) is 107 Å². The number of aryl methyl sites for hydroxylation is 1. The molecule has 0 aromatic heterocycles. The normalized spacial score (nSPS) is 25.9. The molecular weight excluding hydrogens is 375 g/mol. The maximum atomic E-state index is 13.9. The molecule has 0 aliphatic heterocycles. The van der Waals surface area contributed by atoms with Crippen LogP contribution >= 0.6 is 0 Å². The number of hydrogen-bond acceptors (Lipinski definition) is 2. The van der Waals surface area contributed by atoms with E-state index in [2.05, 4.69) is 0 Å². The van der Waals surface area contributed by atoms with E-state index in [0.717, 1.165) is 57.8 Å². The Hall–Kier alpha value is -1.51. The highest BCUT2D eigenvalue weighted by atomic mass is 19.1. The predicted octanol–water partition coefficient (Wildman–Crippen LogP) is 6.94. The molecule has 0 bridgehead atoms. The van der Waals surface area contributed by atoms with E-state index in [-0.39, 0.29) is 23.3 Å². The lowest BCUT2D eigenvalue weighted by molar-refractivity contribution is -0.149. The standard InChI is InChI=1S/C27H37FO2/c1-2-6-25(29)27(15-5-16-27)26(30)22-12-10-19(17-22)9-11-21-13-14-23(28)18-24(21)20-7-3-4-8-20/h13-14,18-20,22H,2-12,15-17H2,1H3. The summed E-state index contributed by atoms with van der Waals surface area (Å²) in [4.78, 5) is 26.0. The van der Waals surface area contributed by atoms with Crippen LogP contribution in [0.4, 0.5) is 4.39 Å². The van der Waals surface area contributed by atoms with Crippen molar-refractivity contribution in [3.05, 3.63) is 35.1 Å². The van der Waals surface area contributed by atoms with E-state index in [1.165, 1.54) is 36.8 Å². The van der Waals surface area contributed by atoms with E-state index in [9.17, 15) is 14.0 Å². The van der Waals surface area contributed by atoms with Crippen molar-refractivity contribution < 1.29 is 14.0 Å². The maximum absolute atomic E-state index is 13.9. The second-order valence-electron chi connectivity index (χ2n) is 10.2. The minimum Gasteiger partial charge on any atom is -0.299 e. The van der Waals surface area contributed by atoms with Crippen LogP contribution in [0.15, 0.2) is 18.2 Å². The van der Waals surface area contributed by atoms with E-state index >= 15 is 0 Å². The van der Waals surface area contributed by atoms with Gasteiger partial charge in [-0.2, -0.15) is 0 Å². The van der Waals surface area contributed by atoms with E-state index in [1.54, 1.807) is 12.1 Å². The highest BCUT2D eigenvalue weighted by Crippen LogP contribution is 2.49. The van der Waals surface area contributed by atoms with Gasteiger partial charge < -0.3 is 0 Å². The average Bonchev–Trinajstić information content (AvgIpc) is 3.38. The van der Waals surface area contributed by atoms with Gasteiger partial charge in [-0.1, -0.05) is 32.3 Å². The predicted molar refractivity (Wildman–Crippen MR) is 118 cm³/mol. The van der Waals surface area contributed by atoms with E-state index < -0.39 is 5.41 Å². The number of Topliss-reactive ketones (excluding diaryl/α,β-unsaturated/α-hetero) is 2. The lowest BCUT2D eigenvalue weighted by Crippen LogP contribution is -2.47. The molecule has 30 heavy (non-hydrogen) atoms. The molecule has 0 spiro atoms. The second kappa shape index (κ2) is 9.32. The Kier molecular flexibility index (Phi) is 6.75. The largest absolute Gasteiger partial charge is 0.299 e. The fourth-order valence-corrected chi connectivity index (χ4v) is 6.40. The number of rotatable bonds is 9. The highest BCUT2D eigenvalue weighted by Gasteiger charge is 2.52. The van der Waals surface area contributed by atoms with Gasteiger partial charge in [-0.25, -0.2) is 4.39 Å². The molecule has 0 radical (unpaired) electrons. The molecule has 0 heterocycles. The van der Waals surface area contributed by atoms with Crippen LogP contribution in [-0.2, 0) is 16.0 Å². The van der Waals surface area contributed by atoms with Gasteiger partial charge in [-0.3, -0.25) is 9.59 Å². The topological polar surface area (TPSA) is 34.1 Å². The molecule has 1 aromatic carbocycles. The summed E-state index contributed by atoms with van der Waals surface area (Å²) in [6.07, 6.45) is 13.9. The summed E-state index contributed by atoms with van der Waals surface area (Å²) < 4.78 is 13.9. The van der Waals surface area contributed by atoms with Crippen LogP contribution in [0.2, 0.25) is 0 Å². The van der Waals surface area contributed by atoms with Crippen molar-refractivity contribution >= 4 is 11.6 Å². The lowest BCUT2D eigenvalue weighted by atomic mass is 9.60. The van der Waals surface area contributed by atoms with Crippen molar-refractivity contribution in [3.8, 4) is 0 Å². The van der Waals surface area contributed by atoms with Gasteiger partial charge in [0, 0.05) is 12.3 Å². The van der Waals surface area contributed by atoms with Gasteiger partial charge in [0.05, 0.1) is 5.41 Å². The van der Waals surface area contributed by atoms with Gasteiger partial charge in [0.25, 0.3) is 0 Å². The quantitative estimate of drug-likeness (QED) is 0.412. The summed E-state index contributed by atoms with van der Waals surface area (Å²) in [5.41, 5.74) is 1.92. The molecule has 3 fully saturated rings. The lowest BCUT2D eigenvalue weighted by Gasteiger charge is -2.40. The zero-order valence-electron chi connectivity index (χ0n) is 18.6. The molecule has 3 heteroatoms. The second-order valence-corrected chi connectivity index (χ2v) is 10.2. The molecule has 0 saturated heterocycles. The zero-order chi connectivity index (χ0) is 21.1. The first-order chi connectivity index (χ1) is 14.5. The maximum Gasteiger partial charge on any atom is 0.149 e. The minimum atomic E-state index is -0.623. The van der Waals surface area contributed by atoms with Crippen LogP contribution in [-0.4, -0.2) is 11.6 Å². The van der Waals surface area contributed by atoms with Gasteiger partial charge >= 0.3 is 0 Å². The van der Waals surface area contributed by atoms with Crippen molar-refractivity contribution in [1.29, 1.82) is 0 Å². The summed E-state index contributed by atoms with van der Waals surface area (Å²) in [5.74, 6) is 1.52. The SMILES string of the molecule is CCCC(=O)C1(C(=O)C2CCC(CCc3ccc(F)cc3C3CCCC3)C2)CCC1. The first kappa shape index (κ1) is 21.7. The van der Waals surface area contributed by atoms with Gasteiger partial charge in [0.1, 0.15) is 17.4 Å². The fourth-order valence-electron chi connectivity index (χ4n) is 6.40. The molecule has 0 amide bonds. The molecule has 1 aromatic rings. The average molecular weight is 413 g/mol. The first-order valence-electron chi connectivity index (χ1n) is 12.4. The minimum absolute atomic E-state index is 0.0821. The molecular formula is C27H37FO2. The summed E-state index contributed by atoms with van der Waals surface area (Å²) in [7, 11) is 0. The number of hydrogen-bond donors (Lipinski definition) is 0. The van der Waals surface area contributed by atoms with Crippen LogP contribution in [0.25, 0.3) is 0 Å². The molecule has 2 atom stereocenters. The summed E-state index contributed by atoms with van der Waals surface area (Å²) in [6.45, 7) is 2.02. The zero-order valence-corrected chi connectivity index (χ0v) is 18.6. The van der Waals surface area contributed by atoms with Gasteiger partial charge in [-0.05, 0) is 99.3 Å². The third-order valence-corrected chi connectivity index (χ3v) is 8.33. The Labute approximate surface area is 181 Å². The Morgan fingerprint density at radius 1 is 1.07 bits per heavy atom.